The van der Waals surface area contributed by atoms with Crippen molar-refractivity contribution in [2.24, 2.45) is 0 Å². The lowest BCUT2D eigenvalue weighted by Crippen LogP contribution is -2.30. The standard InChI is InChI=1S/C17H18N4/c1-13-9-7-8-12-15(13)16-18-20-21(19-16)17(2,3)14-10-5-4-6-11-14/h4-12H,1-3H3. The number of benzene rings is 2. The van der Waals surface area contributed by atoms with Gasteiger partial charge >= 0.3 is 0 Å². The largest absolute Gasteiger partial charge is 0.205 e. The van der Waals surface area contributed by atoms with Crippen LogP contribution >= 0.6 is 0 Å². The maximum Gasteiger partial charge on any atom is 0.205 e. The van der Waals surface area contributed by atoms with E-state index in [2.05, 4.69) is 54.4 Å². The normalized spacial score (nSPS) is 11.6. The summed E-state index contributed by atoms with van der Waals surface area (Å²) in [5.74, 6) is 0.664. The van der Waals surface area contributed by atoms with Gasteiger partial charge in [0, 0.05) is 5.56 Å². The molecule has 2 aromatic carbocycles. The van der Waals surface area contributed by atoms with Crippen LogP contribution in [0.3, 0.4) is 0 Å². The highest BCUT2D eigenvalue weighted by molar-refractivity contribution is 5.58. The molecule has 0 saturated heterocycles. The molecule has 0 amide bonds. The number of rotatable bonds is 3. The average Bonchev–Trinajstić information content (AvgIpc) is 2.99. The van der Waals surface area contributed by atoms with Gasteiger partial charge in [-0.15, -0.1) is 10.2 Å². The van der Waals surface area contributed by atoms with Crippen LogP contribution in [0.2, 0.25) is 0 Å². The summed E-state index contributed by atoms with van der Waals surface area (Å²) in [4.78, 5) is 1.68. The Labute approximate surface area is 124 Å². The average molecular weight is 278 g/mol. The van der Waals surface area contributed by atoms with E-state index in [4.69, 9.17) is 0 Å². The van der Waals surface area contributed by atoms with Gasteiger partial charge in [0.15, 0.2) is 0 Å². The van der Waals surface area contributed by atoms with Crippen molar-refractivity contribution < 1.29 is 0 Å². The molecule has 1 aromatic heterocycles. The van der Waals surface area contributed by atoms with Crippen molar-refractivity contribution in [2.45, 2.75) is 26.3 Å². The van der Waals surface area contributed by atoms with Crippen LogP contribution in [-0.2, 0) is 5.54 Å². The van der Waals surface area contributed by atoms with Crippen LogP contribution in [-0.4, -0.2) is 20.2 Å². The smallest absolute Gasteiger partial charge is 0.154 e. The summed E-state index contributed by atoms with van der Waals surface area (Å²) < 4.78 is 0. The second-order valence-corrected chi connectivity index (χ2v) is 5.64. The number of tetrazole rings is 1. The van der Waals surface area contributed by atoms with Crippen LogP contribution < -0.4 is 0 Å². The first-order valence-electron chi connectivity index (χ1n) is 7.01. The molecular formula is C17H18N4. The van der Waals surface area contributed by atoms with Crippen molar-refractivity contribution in [3.63, 3.8) is 0 Å². The van der Waals surface area contributed by atoms with Crippen LogP contribution in [0.1, 0.15) is 25.0 Å². The third-order valence-electron chi connectivity index (χ3n) is 3.78. The van der Waals surface area contributed by atoms with Crippen LogP contribution in [0.25, 0.3) is 11.4 Å². The predicted octanol–water partition coefficient (Wildman–Crippen LogP) is 3.43. The van der Waals surface area contributed by atoms with Crippen molar-refractivity contribution >= 4 is 0 Å². The minimum Gasteiger partial charge on any atom is -0.154 e. The van der Waals surface area contributed by atoms with Gasteiger partial charge in [-0.3, -0.25) is 0 Å². The number of aryl methyl sites for hydroxylation is 1. The molecule has 4 heteroatoms. The van der Waals surface area contributed by atoms with Gasteiger partial charge in [0.05, 0.1) is 0 Å². The fourth-order valence-corrected chi connectivity index (χ4v) is 2.34. The third kappa shape index (κ3) is 2.44. The minimum absolute atomic E-state index is 0.338. The lowest BCUT2D eigenvalue weighted by Gasteiger charge is -2.23. The second-order valence-electron chi connectivity index (χ2n) is 5.64. The van der Waals surface area contributed by atoms with Crippen molar-refractivity contribution in [1.82, 2.24) is 20.2 Å². The van der Waals surface area contributed by atoms with Gasteiger partial charge < -0.3 is 0 Å². The minimum atomic E-state index is -0.338. The summed E-state index contributed by atoms with van der Waals surface area (Å²) in [7, 11) is 0. The van der Waals surface area contributed by atoms with Crippen molar-refractivity contribution in [1.29, 1.82) is 0 Å². The summed E-state index contributed by atoms with van der Waals surface area (Å²) in [6.45, 7) is 6.23. The van der Waals surface area contributed by atoms with Crippen molar-refractivity contribution in [2.75, 3.05) is 0 Å². The highest BCUT2D eigenvalue weighted by Crippen LogP contribution is 2.25. The Hall–Kier alpha value is -2.49. The molecule has 1 heterocycles. The molecule has 0 spiro atoms. The molecular weight excluding hydrogens is 260 g/mol. The predicted molar refractivity (Wildman–Crippen MR) is 82.9 cm³/mol. The molecule has 3 rings (SSSR count). The molecule has 0 fully saturated rings. The lowest BCUT2D eigenvalue weighted by atomic mass is 9.95. The van der Waals surface area contributed by atoms with Crippen molar-refractivity contribution in [3.05, 3.63) is 65.7 Å². The van der Waals surface area contributed by atoms with E-state index >= 15 is 0 Å². The van der Waals surface area contributed by atoms with E-state index in [1.165, 1.54) is 0 Å². The van der Waals surface area contributed by atoms with Crippen LogP contribution in [0.5, 0.6) is 0 Å². The SMILES string of the molecule is Cc1ccccc1-c1nnn(C(C)(C)c2ccccc2)n1. The molecule has 3 aromatic rings. The van der Waals surface area contributed by atoms with E-state index in [0.717, 1.165) is 16.7 Å². The molecule has 0 aliphatic heterocycles. The Morgan fingerprint density at radius 3 is 2.29 bits per heavy atom. The summed E-state index contributed by atoms with van der Waals surface area (Å²) in [6, 6.07) is 18.3. The Balaban J connectivity index is 2.01. The van der Waals surface area contributed by atoms with Crippen molar-refractivity contribution in [3.8, 4) is 11.4 Å². The van der Waals surface area contributed by atoms with E-state index in [9.17, 15) is 0 Å². The molecule has 0 atom stereocenters. The quantitative estimate of drug-likeness (QED) is 0.737. The van der Waals surface area contributed by atoms with Gasteiger partial charge in [0.25, 0.3) is 0 Å². The molecule has 4 nitrogen and oxygen atoms in total. The Kier molecular flexibility index (Phi) is 3.29. The summed E-state index contributed by atoms with van der Waals surface area (Å²) in [5.41, 5.74) is 2.98. The van der Waals surface area contributed by atoms with E-state index in [-0.39, 0.29) is 5.54 Å². The molecule has 0 aliphatic carbocycles. The van der Waals surface area contributed by atoms with E-state index in [1.54, 1.807) is 4.80 Å². The number of hydrogen-bond acceptors (Lipinski definition) is 3. The summed E-state index contributed by atoms with van der Waals surface area (Å²) >= 11 is 0. The molecule has 0 aliphatic rings. The van der Waals surface area contributed by atoms with Crippen LogP contribution in [0.4, 0.5) is 0 Å². The Morgan fingerprint density at radius 2 is 1.57 bits per heavy atom. The highest BCUT2D eigenvalue weighted by atomic mass is 15.6. The molecule has 0 bridgehead atoms. The highest BCUT2D eigenvalue weighted by Gasteiger charge is 2.26. The third-order valence-corrected chi connectivity index (χ3v) is 3.78. The fourth-order valence-electron chi connectivity index (χ4n) is 2.34. The first-order valence-corrected chi connectivity index (χ1v) is 7.01. The van der Waals surface area contributed by atoms with Gasteiger partial charge in [-0.05, 0) is 37.1 Å². The zero-order chi connectivity index (χ0) is 14.9. The Morgan fingerprint density at radius 1 is 0.905 bits per heavy atom. The van der Waals surface area contributed by atoms with Crippen LogP contribution in [0, 0.1) is 6.92 Å². The topological polar surface area (TPSA) is 43.6 Å². The van der Waals surface area contributed by atoms with Gasteiger partial charge in [-0.2, -0.15) is 4.80 Å². The van der Waals surface area contributed by atoms with Crippen LogP contribution in [0.15, 0.2) is 54.6 Å². The van der Waals surface area contributed by atoms with Gasteiger partial charge in [0.1, 0.15) is 5.54 Å². The molecule has 0 N–H and O–H groups in total. The second kappa shape index (κ2) is 5.13. The first-order chi connectivity index (χ1) is 10.1. The van der Waals surface area contributed by atoms with E-state index in [1.807, 2.05) is 36.4 Å². The summed E-state index contributed by atoms with van der Waals surface area (Å²) in [6.07, 6.45) is 0. The molecule has 21 heavy (non-hydrogen) atoms. The first kappa shape index (κ1) is 13.5. The monoisotopic (exact) mass is 278 g/mol. The number of hydrogen-bond donors (Lipinski definition) is 0. The number of nitrogens with zero attached hydrogens (tertiary/aromatic N) is 4. The Bertz CT molecular complexity index is 744. The molecule has 106 valence electrons. The molecule has 0 unspecified atom stereocenters. The lowest BCUT2D eigenvalue weighted by molar-refractivity contribution is 0.337. The maximum absolute atomic E-state index is 4.58. The van der Waals surface area contributed by atoms with E-state index in [0.29, 0.717) is 5.82 Å². The molecule has 0 radical (unpaired) electrons. The maximum atomic E-state index is 4.58. The zero-order valence-electron chi connectivity index (χ0n) is 12.5. The summed E-state index contributed by atoms with van der Waals surface area (Å²) in [5, 5.41) is 13.1. The molecule has 0 saturated carbocycles. The van der Waals surface area contributed by atoms with Gasteiger partial charge in [-0.25, -0.2) is 0 Å². The fraction of sp³-hybridized carbons (Fsp3) is 0.235. The van der Waals surface area contributed by atoms with E-state index < -0.39 is 0 Å². The van der Waals surface area contributed by atoms with Gasteiger partial charge in [-0.1, -0.05) is 54.6 Å². The number of aromatic nitrogens is 4. The van der Waals surface area contributed by atoms with Gasteiger partial charge in [0.2, 0.25) is 5.82 Å². The zero-order valence-corrected chi connectivity index (χ0v) is 12.5.